The maximum atomic E-state index is 12.4. The number of carbonyl (C=O) groups excluding carboxylic acids is 1. The Bertz CT molecular complexity index is 1260. The molecular weight excluding hydrogens is 529 g/mol. The van der Waals surface area contributed by atoms with Crippen LogP contribution in [0.4, 0.5) is 0 Å². The molecule has 0 N–H and O–H groups in total. The van der Waals surface area contributed by atoms with E-state index in [4.69, 9.17) is 37.4 Å². The summed E-state index contributed by atoms with van der Waals surface area (Å²) in [6, 6.07) is 18.4. The summed E-state index contributed by atoms with van der Waals surface area (Å²) in [4.78, 5) is 16.7. The van der Waals surface area contributed by atoms with Crippen molar-refractivity contribution in [2.24, 2.45) is 4.99 Å². The van der Waals surface area contributed by atoms with Crippen molar-refractivity contribution in [3.63, 3.8) is 0 Å². The fourth-order valence-electron chi connectivity index (χ4n) is 3.12. The van der Waals surface area contributed by atoms with Crippen LogP contribution >= 0.6 is 39.1 Å². The van der Waals surface area contributed by atoms with E-state index in [0.717, 1.165) is 5.56 Å². The molecule has 0 radical (unpaired) electrons. The second-order valence-corrected chi connectivity index (χ2v) is 8.67. The molecule has 0 saturated carbocycles. The minimum Gasteiger partial charge on any atom is -0.490 e. The number of aliphatic imine (C=N–C) groups is 1. The molecule has 0 unspecified atom stereocenters. The van der Waals surface area contributed by atoms with Gasteiger partial charge in [-0.1, -0.05) is 53.5 Å². The summed E-state index contributed by atoms with van der Waals surface area (Å²) in [6.07, 6.45) is 1.63. The number of hydrogen-bond acceptors (Lipinski definition) is 5. The molecule has 4 rings (SSSR count). The van der Waals surface area contributed by atoms with Crippen molar-refractivity contribution in [3.8, 4) is 11.5 Å². The van der Waals surface area contributed by atoms with Gasteiger partial charge in [0, 0.05) is 5.56 Å². The summed E-state index contributed by atoms with van der Waals surface area (Å²) in [6.45, 7) is 2.74. The van der Waals surface area contributed by atoms with Gasteiger partial charge in [0.05, 0.1) is 21.1 Å². The Morgan fingerprint density at radius 1 is 1.03 bits per heavy atom. The fraction of sp³-hybridized carbons (Fsp3) is 0.120. The first-order valence-electron chi connectivity index (χ1n) is 10.1. The van der Waals surface area contributed by atoms with Crippen LogP contribution in [0.2, 0.25) is 10.0 Å². The van der Waals surface area contributed by atoms with Gasteiger partial charge in [-0.25, -0.2) is 9.79 Å². The lowest BCUT2D eigenvalue weighted by atomic mass is 10.1. The Kier molecular flexibility index (Phi) is 7.38. The molecule has 168 valence electrons. The third kappa shape index (κ3) is 5.58. The van der Waals surface area contributed by atoms with Crippen LogP contribution < -0.4 is 9.47 Å². The summed E-state index contributed by atoms with van der Waals surface area (Å²) in [5, 5.41) is 0.755. The maximum Gasteiger partial charge on any atom is 0.363 e. The molecule has 1 aliphatic heterocycles. The van der Waals surface area contributed by atoms with Crippen molar-refractivity contribution < 1.29 is 19.0 Å². The van der Waals surface area contributed by atoms with Crippen LogP contribution in [0.5, 0.6) is 11.5 Å². The number of ether oxygens (including phenoxy) is 3. The number of benzene rings is 3. The lowest BCUT2D eigenvalue weighted by Gasteiger charge is -2.15. The summed E-state index contributed by atoms with van der Waals surface area (Å²) < 4.78 is 17.8. The van der Waals surface area contributed by atoms with E-state index < -0.39 is 5.97 Å². The maximum absolute atomic E-state index is 12.4. The van der Waals surface area contributed by atoms with Crippen molar-refractivity contribution in [2.45, 2.75) is 13.5 Å². The zero-order valence-electron chi connectivity index (χ0n) is 17.5. The SMILES string of the molecule is CCOc1cc(/C=C2\N=C(c3ccc(Cl)c(Cl)c3)OC2=O)cc(Br)c1OCc1ccccc1. The molecule has 1 heterocycles. The van der Waals surface area contributed by atoms with E-state index in [1.54, 1.807) is 30.3 Å². The normalized spacial score (nSPS) is 14.2. The zero-order valence-corrected chi connectivity index (χ0v) is 20.6. The van der Waals surface area contributed by atoms with Gasteiger partial charge >= 0.3 is 5.97 Å². The van der Waals surface area contributed by atoms with E-state index in [0.29, 0.717) is 50.4 Å². The number of cyclic esters (lactones) is 1. The predicted octanol–water partition coefficient (Wildman–Crippen LogP) is 7.08. The van der Waals surface area contributed by atoms with Gasteiger partial charge in [-0.15, -0.1) is 0 Å². The standard InChI is InChI=1S/C25H18BrCl2NO4/c1-2-31-22-12-16(10-18(26)23(22)32-14-15-6-4-3-5-7-15)11-21-25(30)33-24(29-21)17-8-9-19(27)20(28)13-17/h3-13H,2,14H2,1H3/b21-11-. The van der Waals surface area contributed by atoms with Crippen molar-refractivity contribution in [1.29, 1.82) is 0 Å². The van der Waals surface area contributed by atoms with Gasteiger partial charge in [0.25, 0.3) is 0 Å². The van der Waals surface area contributed by atoms with Gasteiger partial charge in [0.2, 0.25) is 5.90 Å². The second kappa shape index (κ2) is 10.4. The van der Waals surface area contributed by atoms with Gasteiger partial charge in [0.15, 0.2) is 17.2 Å². The second-order valence-electron chi connectivity index (χ2n) is 7.00. The number of hydrogen-bond donors (Lipinski definition) is 0. The number of halogens is 3. The highest BCUT2D eigenvalue weighted by Crippen LogP contribution is 2.38. The molecule has 0 saturated heterocycles. The Balaban J connectivity index is 1.62. The van der Waals surface area contributed by atoms with Crippen molar-refractivity contribution in [1.82, 2.24) is 0 Å². The molecule has 0 aliphatic carbocycles. The summed E-state index contributed by atoms with van der Waals surface area (Å²) in [7, 11) is 0. The average molecular weight is 547 g/mol. The highest BCUT2D eigenvalue weighted by atomic mass is 79.9. The number of nitrogens with zero attached hydrogens (tertiary/aromatic N) is 1. The molecule has 33 heavy (non-hydrogen) atoms. The number of rotatable bonds is 7. The van der Waals surface area contributed by atoms with E-state index in [1.807, 2.05) is 43.3 Å². The Morgan fingerprint density at radius 3 is 2.55 bits per heavy atom. The molecule has 3 aromatic carbocycles. The first-order chi connectivity index (χ1) is 15.9. The van der Waals surface area contributed by atoms with Crippen LogP contribution in [-0.4, -0.2) is 18.5 Å². The molecule has 0 aromatic heterocycles. The van der Waals surface area contributed by atoms with Gasteiger partial charge in [-0.2, -0.15) is 0 Å². The van der Waals surface area contributed by atoms with E-state index in [1.165, 1.54) is 0 Å². The predicted molar refractivity (Wildman–Crippen MR) is 133 cm³/mol. The van der Waals surface area contributed by atoms with Crippen molar-refractivity contribution in [2.75, 3.05) is 6.61 Å². The Hall–Kier alpha value is -2.80. The third-order valence-corrected chi connectivity index (χ3v) is 5.98. The fourth-order valence-corrected chi connectivity index (χ4v) is 4.00. The average Bonchev–Trinajstić information content (AvgIpc) is 3.16. The molecule has 0 bridgehead atoms. The summed E-state index contributed by atoms with van der Waals surface area (Å²) >= 11 is 15.6. The molecule has 0 atom stereocenters. The molecule has 0 spiro atoms. The van der Waals surface area contributed by atoms with Crippen LogP contribution in [0.3, 0.4) is 0 Å². The van der Waals surface area contributed by atoms with E-state index in [-0.39, 0.29) is 11.6 Å². The molecule has 3 aromatic rings. The van der Waals surface area contributed by atoms with Crippen LogP contribution in [0.1, 0.15) is 23.6 Å². The highest BCUT2D eigenvalue weighted by Gasteiger charge is 2.25. The number of carbonyl (C=O) groups is 1. The molecule has 5 nitrogen and oxygen atoms in total. The Morgan fingerprint density at radius 2 is 1.82 bits per heavy atom. The molecule has 8 heteroatoms. The van der Waals surface area contributed by atoms with Crippen LogP contribution in [0, 0.1) is 0 Å². The van der Waals surface area contributed by atoms with Crippen molar-refractivity contribution >= 4 is 57.1 Å². The number of esters is 1. The monoisotopic (exact) mass is 545 g/mol. The lowest BCUT2D eigenvalue weighted by Crippen LogP contribution is -2.05. The molecular formula is C25H18BrCl2NO4. The van der Waals surface area contributed by atoms with E-state index >= 15 is 0 Å². The quantitative estimate of drug-likeness (QED) is 0.235. The van der Waals surface area contributed by atoms with Crippen LogP contribution in [0.25, 0.3) is 6.08 Å². The van der Waals surface area contributed by atoms with Crippen LogP contribution in [0.15, 0.2) is 75.8 Å². The topological polar surface area (TPSA) is 57.1 Å². The van der Waals surface area contributed by atoms with E-state index in [9.17, 15) is 4.79 Å². The first-order valence-corrected chi connectivity index (χ1v) is 11.6. The van der Waals surface area contributed by atoms with Crippen LogP contribution in [-0.2, 0) is 16.1 Å². The third-order valence-electron chi connectivity index (χ3n) is 4.65. The molecule has 0 fully saturated rings. The summed E-state index contributed by atoms with van der Waals surface area (Å²) in [5.41, 5.74) is 2.45. The molecule has 0 amide bonds. The largest absolute Gasteiger partial charge is 0.490 e. The van der Waals surface area contributed by atoms with Gasteiger partial charge in [-0.05, 0) is 70.4 Å². The van der Waals surface area contributed by atoms with Gasteiger partial charge < -0.3 is 14.2 Å². The highest BCUT2D eigenvalue weighted by molar-refractivity contribution is 9.10. The minimum absolute atomic E-state index is 0.156. The lowest BCUT2D eigenvalue weighted by molar-refractivity contribution is -0.129. The van der Waals surface area contributed by atoms with Gasteiger partial charge in [0.1, 0.15) is 6.61 Å². The Labute approximate surface area is 209 Å². The minimum atomic E-state index is -0.561. The first kappa shape index (κ1) is 23.4. The van der Waals surface area contributed by atoms with E-state index in [2.05, 4.69) is 20.9 Å². The molecule has 1 aliphatic rings. The summed E-state index contributed by atoms with van der Waals surface area (Å²) in [5.74, 6) is 0.734. The van der Waals surface area contributed by atoms with Crippen molar-refractivity contribution in [3.05, 3.63) is 97.6 Å². The smallest absolute Gasteiger partial charge is 0.363 e. The zero-order chi connectivity index (χ0) is 23.4. The van der Waals surface area contributed by atoms with Gasteiger partial charge in [-0.3, -0.25) is 0 Å².